The summed E-state index contributed by atoms with van der Waals surface area (Å²) in [7, 11) is 0. The smallest absolute Gasteiger partial charge is 0.208 e. The molecule has 0 aromatic carbocycles. The van der Waals surface area contributed by atoms with E-state index in [4.69, 9.17) is 5.11 Å². The van der Waals surface area contributed by atoms with E-state index in [1.165, 1.54) is 0 Å². The van der Waals surface area contributed by atoms with Crippen molar-refractivity contribution in [2.45, 2.75) is 6.92 Å². The third-order valence-electron chi connectivity index (χ3n) is 0.772. The lowest BCUT2D eigenvalue weighted by molar-refractivity contribution is -0.488. The fourth-order valence-corrected chi connectivity index (χ4v) is 0.312. The number of aliphatic hydroxyl groups excluding tert-OH is 1. The Morgan fingerprint density at radius 1 is 1.88 bits per heavy atom. The summed E-state index contributed by atoms with van der Waals surface area (Å²) in [4.78, 5) is 9.23. The molecular weight excluding hydrogens is 110 g/mol. The number of hydrogen-bond donors (Lipinski definition) is 1. The molecule has 0 heterocycles. The van der Waals surface area contributed by atoms with E-state index in [0.717, 1.165) is 0 Å². The van der Waals surface area contributed by atoms with Crippen molar-refractivity contribution in [1.82, 2.24) is 0 Å². The SMILES string of the molecule is CC(CO)C[N+](=O)[O-]. The fraction of sp³-hybridized carbons (Fsp3) is 1.00. The molecule has 48 valence electrons. The number of hydrogen-bond acceptors (Lipinski definition) is 3. The lowest BCUT2D eigenvalue weighted by Crippen LogP contribution is -2.13. The van der Waals surface area contributed by atoms with Gasteiger partial charge in [-0.3, -0.25) is 10.1 Å². The maximum Gasteiger partial charge on any atom is 0.208 e. The van der Waals surface area contributed by atoms with Crippen molar-refractivity contribution in [3.63, 3.8) is 0 Å². The fourth-order valence-electron chi connectivity index (χ4n) is 0.312. The van der Waals surface area contributed by atoms with Gasteiger partial charge < -0.3 is 5.11 Å². The molecule has 0 aliphatic carbocycles. The van der Waals surface area contributed by atoms with E-state index in [-0.39, 0.29) is 19.1 Å². The van der Waals surface area contributed by atoms with Gasteiger partial charge in [0.2, 0.25) is 6.54 Å². The molecule has 4 heteroatoms. The van der Waals surface area contributed by atoms with Gasteiger partial charge in [0.25, 0.3) is 0 Å². The first kappa shape index (κ1) is 7.36. The number of nitrogens with zero attached hydrogens (tertiary/aromatic N) is 1. The van der Waals surface area contributed by atoms with Gasteiger partial charge in [0.1, 0.15) is 0 Å². The second-order valence-corrected chi connectivity index (χ2v) is 1.80. The Labute approximate surface area is 47.3 Å². The summed E-state index contributed by atoms with van der Waals surface area (Å²) < 4.78 is 0. The van der Waals surface area contributed by atoms with Crippen LogP contribution in [-0.2, 0) is 0 Å². The van der Waals surface area contributed by atoms with Crippen LogP contribution in [-0.4, -0.2) is 23.2 Å². The molecule has 1 unspecified atom stereocenters. The van der Waals surface area contributed by atoms with E-state index in [9.17, 15) is 10.1 Å². The first-order valence-corrected chi connectivity index (χ1v) is 2.39. The number of rotatable bonds is 3. The zero-order valence-electron chi connectivity index (χ0n) is 4.70. The molecule has 0 saturated carbocycles. The van der Waals surface area contributed by atoms with Crippen molar-refractivity contribution in [3.8, 4) is 0 Å². The monoisotopic (exact) mass is 119 g/mol. The van der Waals surface area contributed by atoms with Crippen LogP contribution >= 0.6 is 0 Å². The summed E-state index contributed by atoms with van der Waals surface area (Å²) in [6, 6.07) is 0. The summed E-state index contributed by atoms with van der Waals surface area (Å²) in [5.41, 5.74) is 0. The van der Waals surface area contributed by atoms with Crippen LogP contribution < -0.4 is 0 Å². The van der Waals surface area contributed by atoms with Gasteiger partial charge in [-0.2, -0.15) is 0 Å². The van der Waals surface area contributed by atoms with Gasteiger partial charge in [0.05, 0.1) is 6.61 Å². The van der Waals surface area contributed by atoms with E-state index >= 15 is 0 Å². The molecule has 0 radical (unpaired) electrons. The lowest BCUT2D eigenvalue weighted by atomic mass is 10.2. The van der Waals surface area contributed by atoms with E-state index in [0.29, 0.717) is 0 Å². The van der Waals surface area contributed by atoms with E-state index in [2.05, 4.69) is 0 Å². The van der Waals surface area contributed by atoms with Crippen molar-refractivity contribution in [2.24, 2.45) is 5.92 Å². The molecular formula is C4H9NO3. The van der Waals surface area contributed by atoms with E-state index in [1.807, 2.05) is 0 Å². The summed E-state index contributed by atoms with van der Waals surface area (Å²) in [6.07, 6.45) is 0. The highest BCUT2D eigenvalue weighted by Gasteiger charge is 2.05. The van der Waals surface area contributed by atoms with Crippen LogP contribution in [0.15, 0.2) is 0 Å². The van der Waals surface area contributed by atoms with Crippen LogP contribution in [0.25, 0.3) is 0 Å². The molecule has 0 rings (SSSR count). The van der Waals surface area contributed by atoms with Crippen molar-refractivity contribution in [3.05, 3.63) is 10.1 Å². The highest BCUT2D eigenvalue weighted by Crippen LogP contribution is 1.90. The normalized spacial score (nSPS) is 13.2. The van der Waals surface area contributed by atoms with Crippen LogP contribution in [0.3, 0.4) is 0 Å². The Hall–Kier alpha value is -0.640. The predicted molar refractivity (Wildman–Crippen MR) is 28.1 cm³/mol. The van der Waals surface area contributed by atoms with Gasteiger partial charge in [-0.05, 0) is 0 Å². The van der Waals surface area contributed by atoms with Crippen molar-refractivity contribution >= 4 is 0 Å². The Morgan fingerprint density at radius 2 is 2.38 bits per heavy atom. The molecule has 0 aromatic rings. The Morgan fingerprint density at radius 3 is 2.50 bits per heavy atom. The summed E-state index contributed by atoms with van der Waals surface area (Å²) in [5, 5.41) is 17.9. The molecule has 8 heavy (non-hydrogen) atoms. The highest BCUT2D eigenvalue weighted by atomic mass is 16.6. The minimum absolute atomic E-state index is 0.110. The maximum absolute atomic E-state index is 9.66. The van der Waals surface area contributed by atoms with Gasteiger partial charge >= 0.3 is 0 Å². The molecule has 4 nitrogen and oxygen atoms in total. The van der Waals surface area contributed by atoms with Gasteiger partial charge in [-0.15, -0.1) is 0 Å². The second kappa shape index (κ2) is 3.37. The van der Waals surface area contributed by atoms with E-state index < -0.39 is 4.92 Å². The van der Waals surface area contributed by atoms with Crippen molar-refractivity contribution < 1.29 is 10.0 Å². The van der Waals surface area contributed by atoms with Gasteiger partial charge in [0, 0.05) is 10.8 Å². The minimum atomic E-state index is -0.430. The average molecular weight is 119 g/mol. The first-order valence-electron chi connectivity index (χ1n) is 2.39. The van der Waals surface area contributed by atoms with Crippen LogP contribution in [0.5, 0.6) is 0 Å². The molecule has 0 aliphatic rings. The molecule has 0 fully saturated rings. The highest BCUT2D eigenvalue weighted by molar-refractivity contribution is 4.43. The molecule has 0 amide bonds. The van der Waals surface area contributed by atoms with E-state index in [1.54, 1.807) is 6.92 Å². The van der Waals surface area contributed by atoms with Crippen LogP contribution in [0.4, 0.5) is 0 Å². The maximum atomic E-state index is 9.66. The zero-order chi connectivity index (χ0) is 6.57. The van der Waals surface area contributed by atoms with Gasteiger partial charge in [-0.25, -0.2) is 0 Å². The molecule has 1 atom stereocenters. The van der Waals surface area contributed by atoms with Gasteiger partial charge in [0.15, 0.2) is 0 Å². The predicted octanol–water partition coefficient (Wildman–Crippen LogP) is -0.109. The molecule has 0 bridgehead atoms. The van der Waals surface area contributed by atoms with Gasteiger partial charge in [-0.1, -0.05) is 6.92 Å². The summed E-state index contributed by atoms with van der Waals surface area (Å²) in [5.74, 6) is -0.218. The standard InChI is InChI=1S/C4H9NO3/c1-4(3-6)2-5(7)8/h4,6H,2-3H2,1H3. The molecule has 0 aromatic heterocycles. The molecule has 1 N–H and O–H groups in total. The first-order chi connectivity index (χ1) is 3.66. The van der Waals surface area contributed by atoms with Crippen LogP contribution in [0.2, 0.25) is 0 Å². The van der Waals surface area contributed by atoms with Crippen LogP contribution in [0, 0.1) is 16.0 Å². The second-order valence-electron chi connectivity index (χ2n) is 1.80. The molecule has 0 spiro atoms. The Kier molecular flexibility index (Phi) is 3.10. The lowest BCUT2D eigenvalue weighted by Gasteiger charge is -1.97. The average Bonchev–Trinajstić information content (AvgIpc) is 1.65. The summed E-state index contributed by atoms with van der Waals surface area (Å²) in [6.45, 7) is 1.38. The zero-order valence-corrected chi connectivity index (χ0v) is 4.70. The third-order valence-corrected chi connectivity index (χ3v) is 0.772. The largest absolute Gasteiger partial charge is 0.396 e. The number of aliphatic hydroxyl groups is 1. The molecule has 0 aliphatic heterocycles. The Balaban J connectivity index is 3.24. The van der Waals surface area contributed by atoms with Crippen LogP contribution in [0.1, 0.15) is 6.92 Å². The number of nitro groups is 1. The van der Waals surface area contributed by atoms with Crippen molar-refractivity contribution in [2.75, 3.05) is 13.2 Å². The molecule has 0 saturated heterocycles. The summed E-state index contributed by atoms with van der Waals surface area (Å²) >= 11 is 0. The minimum Gasteiger partial charge on any atom is -0.396 e. The third kappa shape index (κ3) is 3.55. The topological polar surface area (TPSA) is 63.4 Å². The quantitative estimate of drug-likeness (QED) is 0.416. The van der Waals surface area contributed by atoms with Crippen molar-refractivity contribution in [1.29, 1.82) is 0 Å². The Bertz CT molecular complexity index is 83.4.